The zero-order valence-electron chi connectivity index (χ0n) is 10.9. The zero-order valence-corrected chi connectivity index (χ0v) is 10.9. The molecule has 0 saturated heterocycles. The van der Waals surface area contributed by atoms with Crippen molar-refractivity contribution in [3.63, 3.8) is 0 Å². The van der Waals surface area contributed by atoms with Gasteiger partial charge in [-0.1, -0.05) is 31.5 Å². The van der Waals surface area contributed by atoms with E-state index >= 15 is 0 Å². The summed E-state index contributed by atoms with van der Waals surface area (Å²) in [5.74, 6) is 0.787. The first-order chi connectivity index (χ1) is 8.31. The van der Waals surface area contributed by atoms with Crippen LogP contribution in [-0.4, -0.2) is 12.6 Å². The van der Waals surface area contributed by atoms with Crippen LogP contribution in [0.1, 0.15) is 38.7 Å². The van der Waals surface area contributed by atoms with E-state index in [1.807, 2.05) is 6.92 Å². The van der Waals surface area contributed by atoms with E-state index in [-0.39, 0.29) is 0 Å². The number of para-hydroxylation sites is 1. The van der Waals surface area contributed by atoms with Gasteiger partial charge < -0.3 is 10.1 Å². The first kappa shape index (κ1) is 12.4. The number of nitrogens with one attached hydrogen (secondary N) is 1. The minimum Gasteiger partial charge on any atom is -0.382 e. The summed E-state index contributed by atoms with van der Waals surface area (Å²) in [6.45, 7) is 5.86. The molecule has 1 aliphatic rings. The molecule has 1 aliphatic carbocycles. The second-order valence-corrected chi connectivity index (χ2v) is 4.95. The molecule has 0 bridgehead atoms. The molecule has 0 spiro atoms. The highest BCUT2D eigenvalue weighted by atomic mass is 16.5. The maximum atomic E-state index is 5.51. The maximum absolute atomic E-state index is 5.51. The van der Waals surface area contributed by atoms with Crippen molar-refractivity contribution in [3.05, 3.63) is 29.8 Å². The third-order valence-electron chi connectivity index (χ3n) is 3.68. The normalized spacial score (nSPS) is 23.9. The third-order valence-corrected chi connectivity index (χ3v) is 3.68. The van der Waals surface area contributed by atoms with E-state index in [4.69, 9.17) is 4.74 Å². The molecule has 1 aromatic rings. The lowest BCUT2D eigenvalue weighted by atomic mass is 10.1. The lowest BCUT2D eigenvalue weighted by molar-refractivity contribution is 0.134. The van der Waals surface area contributed by atoms with Crippen molar-refractivity contribution >= 4 is 5.69 Å². The molecule has 1 N–H and O–H groups in total. The van der Waals surface area contributed by atoms with Gasteiger partial charge >= 0.3 is 0 Å². The molecular weight excluding hydrogens is 210 g/mol. The SMILES string of the molecule is CCOCc1ccccc1NC1CCCC1C. The number of rotatable bonds is 5. The molecule has 0 aromatic heterocycles. The van der Waals surface area contributed by atoms with Crippen molar-refractivity contribution in [2.45, 2.75) is 45.8 Å². The lowest BCUT2D eigenvalue weighted by Crippen LogP contribution is -2.22. The van der Waals surface area contributed by atoms with E-state index in [0.29, 0.717) is 12.6 Å². The van der Waals surface area contributed by atoms with E-state index in [0.717, 1.165) is 12.5 Å². The highest BCUT2D eigenvalue weighted by molar-refractivity contribution is 5.51. The van der Waals surface area contributed by atoms with Crippen LogP contribution in [0, 0.1) is 5.92 Å². The molecule has 2 atom stereocenters. The summed E-state index contributed by atoms with van der Waals surface area (Å²) in [4.78, 5) is 0. The number of hydrogen-bond donors (Lipinski definition) is 1. The highest BCUT2D eigenvalue weighted by Crippen LogP contribution is 2.29. The van der Waals surface area contributed by atoms with Crippen LogP contribution in [0.3, 0.4) is 0 Å². The van der Waals surface area contributed by atoms with Crippen LogP contribution < -0.4 is 5.32 Å². The van der Waals surface area contributed by atoms with Crippen molar-refractivity contribution < 1.29 is 4.74 Å². The van der Waals surface area contributed by atoms with Gasteiger partial charge in [-0.05, 0) is 31.7 Å². The molecule has 94 valence electrons. The minimum absolute atomic E-state index is 0.637. The van der Waals surface area contributed by atoms with Gasteiger partial charge in [-0.15, -0.1) is 0 Å². The summed E-state index contributed by atoms with van der Waals surface area (Å²) in [5.41, 5.74) is 2.52. The molecule has 2 unspecified atom stereocenters. The fraction of sp³-hybridized carbons (Fsp3) is 0.600. The van der Waals surface area contributed by atoms with Gasteiger partial charge in [0.1, 0.15) is 0 Å². The largest absolute Gasteiger partial charge is 0.382 e. The summed E-state index contributed by atoms with van der Waals surface area (Å²) in [6, 6.07) is 9.13. The predicted molar refractivity (Wildman–Crippen MR) is 72.2 cm³/mol. The van der Waals surface area contributed by atoms with Gasteiger partial charge in [-0.2, -0.15) is 0 Å². The summed E-state index contributed by atoms with van der Waals surface area (Å²) in [7, 11) is 0. The molecule has 0 radical (unpaired) electrons. The van der Waals surface area contributed by atoms with Crippen molar-refractivity contribution in [1.82, 2.24) is 0 Å². The van der Waals surface area contributed by atoms with Crippen LogP contribution in [-0.2, 0) is 11.3 Å². The van der Waals surface area contributed by atoms with Crippen LogP contribution in [0.25, 0.3) is 0 Å². The fourth-order valence-electron chi connectivity index (χ4n) is 2.56. The summed E-state index contributed by atoms with van der Waals surface area (Å²) in [6.07, 6.45) is 4.00. The topological polar surface area (TPSA) is 21.3 Å². The van der Waals surface area contributed by atoms with E-state index < -0.39 is 0 Å². The highest BCUT2D eigenvalue weighted by Gasteiger charge is 2.23. The van der Waals surface area contributed by atoms with Gasteiger partial charge in [-0.3, -0.25) is 0 Å². The Labute approximate surface area is 104 Å². The Kier molecular flexibility index (Phi) is 4.43. The molecule has 1 fully saturated rings. The molecule has 17 heavy (non-hydrogen) atoms. The van der Waals surface area contributed by atoms with Gasteiger partial charge in [0.05, 0.1) is 6.61 Å². The lowest BCUT2D eigenvalue weighted by Gasteiger charge is -2.21. The summed E-state index contributed by atoms with van der Waals surface area (Å²) < 4.78 is 5.51. The molecule has 2 rings (SSSR count). The molecular formula is C15H23NO. The standard InChI is InChI=1S/C15H23NO/c1-3-17-11-13-8-4-5-9-15(13)16-14-10-6-7-12(14)2/h4-5,8-9,12,14,16H,3,6-7,10-11H2,1-2H3. The van der Waals surface area contributed by atoms with Crippen LogP contribution in [0.15, 0.2) is 24.3 Å². The smallest absolute Gasteiger partial charge is 0.0736 e. The van der Waals surface area contributed by atoms with Gasteiger partial charge in [0.15, 0.2) is 0 Å². The monoisotopic (exact) mass is 233 g/mol. The number of hydrogen-bond acceptors (Lipinski definition) is 2. The van der Waals surface area contributed by atoms with E-state index in [2.05, 4.69) is 36.5 Å². The zero-order chi connectivity index (χ0) is 12.1. The molecule has 1 aromatic carbocycles. The maximum Gasteiger partial charge on any atom is 0.0736 e. The first-order valence-electron chi connectivity index (χ1n) is 6.73. The van der Waals surface area contributed by atoms with Crippen LogP contribution in [0.4, 0.5) is 5.69 Å². The first-order valence-corrected chi connectivity index (χ1v) is 6.73. The van der Waals surface area contributed by atoms with Crippen molar-refractivity contribution in [1.29, 1.82) is 0 Å². The van der Waals surface area contributed by atoms with Crippen molar-refractivity contribution in [2.75, 3.05) is 11.9 Å². The third kappa shape index (κ3) is 3.22. The van der Waals surface area contributed by atoms with Crippen LogP contribution >= 0.6 is 0 Å². The Morgan fingerprint density at radius 3 is 2.82 bits per heavy atom. The molecule has 0 heterocycles. The average Bonchev–Trinajstić information content (AvgIpc) is 2.74. The van der Waals surface area contributed by atoms with Crippen LogP contribution in [0.5, 0.6) is 0 Å². The minimum atomic E-state index is 0.637. The molecule has 0 aliphatic heterocycles. The second kappa shape index (κ2) is 6.06. The number of ether oxygens (including phenoxy) is 1. The number of benzene rings is 1. The summed E-state index contributed by atoms with van der Waals surface area (Å²) in [5, 5.41) is 3.69. The van der Waals surface area contributed by atoms with E-state index in [1.165, 1.54) is 30.5 Å². The Morgan fingerprint density at radius 1 is 1.29 bits per heavy atom. The molecule has 2 nitrogen and oxygen atoms in total. The van der Waals surface area contributed by atoms with Gasteiger partial charge in [0.2, 0.25) is 0 Å². The Hall–Kier alpha value is -1.02. The average molecular weight is 233 g/mol. The van der Waals surface area contributed by atoms with Crippen LogP contribution in [0.2, 0.25) is 0 Å². The molecule has 2 heteroatoms. The quantitative estimate of drug-likeness (QED) is 0.834. The van der Waals surface area contributed by atoms with E-state index in [9.17, 15) is 0 Å². The predicted octanol–water partition coefficient (Wildman–Crippen LogP) is 3.82. The van der Waals surface area contributed by atoms with Gasteiger partial charge in [0, 0.05) is 23.9 Å². The fourth-order valence-corrected chi connectivity index (χ4v) is 2.56. The van der Waals surface area contributed by atoms with Gasteiger partial charge in [-0.25, -0.2) is 0 Å². The molecule has 1 saturated carbocycles. The summed E-state index contributed by atoms with van der Waals surface area (Å²) >= 11 is 0. The molecule has 0 amide bonds. The van der Waals surface area contributed by atoms with Crippen molar-refractivity contribution in [3.8, 4) is 0 Å². The van der Waals surface area contributed by atoms with Crippen molar-refractivity contribution in [2.24, 2.45) is 5.92 Å². The van der Waals surface area contributed by atoms with Gasteiger partial charge in [0.25, 0.3) is 0 Å². The Bertz CT molecular complexity index is 351. The number of anilines is 1. The Morgan fingerprint density at radius 2 is 2.12 bits per heavy atom. The second-order valence-electron chi connectivity index (χ2n) is 4.95. The Balaban J connectivity index is 2.03. The van der Waals surface area contributed by atoms with E-state index in [1.54, 1.807) is 0 Å².